The Morgan fingerprint density at radius 2 is 1.82 bits per heavy atom. The van der Waals surface area contributed by atoms with E-state index in [1.807, 2.05) is 75.4 Å². The van der Waals surface area contributed by atoms with Crippen molar-refractivity contribution >= 4 is 29.3 Å². The van der Waals surface area contributed by atoms with Gasteiger partial charge >= 0.3 is 0 Å². The summed E-state index contributed by atoms with van der Waals surface area (Å²) in [7, 11) is 0. The highest BCUT2D eigenvalue weighted by Crippen LogP contribution is 2.24. The van der Waals surface area contributed by atoms with Crippen LogP contribution >= 0.6 is 11.6 Å². The normalized spacial score (nSPS) is 11.2. The molecule has 0 aliphatic heterocycles. The number of nitrogens with zero attached hydrogens (tertiary/aromatic N) is 2. The van der Waals surface area contributed by atoms with Crippen LogP contribution in [0.25, 0.3) is 11.8 Å². The van der Waals surface area contributed by atoms with Crippen LogP contribution in [0.5, 0.6) is 0 Å². The minimum absolute atomic E-state index is 0.0536. The second-order valence-electron chi connectivity index (χ2n) is 6.63. The molecule has 0 bridgehead atoms. The lowest BCUT2D eigenvalue weighted by atomic mass is 10.1. The number of nitrogens with one attached hydrogen (secondary N) is 1. The van der Waals surface area contributed by atoms with E-state index in [4.69, 9.17) is 11.6 Å². The summed E-state index contributed by atoms with van der Waals surface area (Å²) in [5, 5.41) is 13.0. The predicted molar refractivity (Wildman–Crippen MR) is 114 cm³/mol. The fraction of sp³-hybridized carbons (Fsp3) is 0.130. The molecule has 0 fully saturated rings. The van der Waals surface area contributed by atoms with Gasteiger partial charge in [-0.25, -0.2) is 0 Å². The van der Waals surface area contributed by atoms with Crippen molar-refractivity contribution in [2.45, 2.75) is 20.8 Å². The molecule has 2 aromatic carbocycles. The molecular weight excluding hydrogens is 370 g/mol. The van der Waals surface area contributed by atoms with Crippen LogP contribution in [0.15, 0.2) is 60.2 Å². The Morgan fingerprint density at radius 1 is 1.11 bits per heavy atom. The van der Waals surface area contributed by atoms with Gasteiger partial charge < -0.3 is 9.88 Å². The zero-order valence-electron chi connectivity index (χ0n) is 16.0. The van der Waals surface area contributed by atoms with E-state index in [2.05, 4.69) is 9.88 Å². The fourth-order valence-electron chi connectivity index (χ4n) is 3.15. The molecule has 140 valence electrons. The minimum atomic E-state index is -0.426. The van der Waals surface area contributed by atoms with Crippen molar-refractivity contribution in [2.75, 3.05) is 5.32 Å². The highest BCUT2D eigenvalue weighted by molar-refractivity contribution is 6.30. The van der Waals surface area contributed by atoms with E-state index in [-0.39, 0.29) is 5.57 Å². The Morgan fingerprint density at radius 3 is 2.46 bits per heavy atom. The van der Waals surface area contributed by atoms with Crippen LogP contribution in [-0.2, 0) is 4.79 Å². The molecule has 0 aliphatic rings. The molecule has 0 atom stereocenters. The van der Waals surface area contributed by atoms with Gasteiger partial charge in [0, 0.05) is 27.8 Å². The third kappa shape index (κ3) is 4.16. The maximum atomic E-state index is 12.5. The van der Waals surface area contributed by atoms with Crippen LogP contribution in [0.3, 0.4) is 0 Å². The van der Waals surface area contributed by atoms with Gasteiger partial charge in [-0.05, 0) is 80.4 Å². The molecule has 5 heteroatoms. The third-order valence-corrected chi connectivity index (χ3v) is 4.75. The van der Waals surface area contributed by atoms with E-state index < -0.39 is 5.91 Å². The van der Waals surface area contributed by atoms with Crippen LogP contribution in [0.1, 0.15) is 22.5 Å². The number of benzene rings is 2. The lowest BCUT2D eigenvalue weighted by molar-refractivity contribution is -0.112. The molecule has 0 unspecified atom stereocenters. The van der Waals surface area contributed by atoms with Gasteiger partial charge in [-0.15, -0.1) is 0 Å². The molecule has 0 spiro atoms. The average Bonchev–Trinajstić information content (AvgIpc) is 2.94. The molecule has 3 rings (SSSR count). The largest absolute Gasteiger partial charge is 0.321 e. The zero-order chi connectivity index (χ0) is 20.3. The van der Waals surface area contributed by atoms with Crippen molar-refractivity contribution in [1.29, 1.82) is 5.26 Å². The number of anilines is 1. The number of hydrogen-bond acceptors (Lipinski definition) is 2. The highest BCUT2D eigenvalue weighted by atomic mass is 35.5. The number of carbonyl (C=O) groups is 1. The second-order valence-corrected chi connectivity index (χ2v) is 7.07. The van der Waals surface area contributed by atoms with E-state index >= 15 is 0 Å². The summed E-state index contributed by atoms with van der Waals surface area (Å²) in [6, 6.07) is 19.0. The Labute approximate surface area is 169 Å². The molecule has 1 aromatic heterocycles. The van der Waals surface area contributed by atoms with E-state index in [9.17, 15) is 10.1 Å². The Kier molecular flexibility index (Phi) is 5.67. The van der Waals surface area contributed by atoms with Gasteiger partial charge in [0.05, 0.1) is 0 Å². The highest BCUT2D eigenvalue weighted by Gasteiger charge is 2.14. The van der Waals surface area contributed by atoms with E-state index in [0.717, 1.165) is 28.2 Å². The van der Waals surface area contributed by atoms with Crippen LogP contribution in [0.4, 0.5) is 5.69 Å². The number of halogens is 1. The number of aryl methyl sites for hydroxylation is 2. The standard InChI is InChI=1S/C23H20ClN3O/c1-15-5-4-6-21(11-15)26-23(28)19(14-25)13-18-12-16(2)27(17(18)3)22-9-7-20(24)8-10-22/h4-13H,1-3H3,(H,26,28)/b19-13+. The second kappa shape index (κ2) is 8.16. The first-order chi connectivity index (χ1) is 13.4. The number of nitriles is 1. The molecule has 0 saturated carbocycles. The fourth-order valence-corrected chi connectivity index (χ4v) is 3.27. The first kappa shape index (κ1) is 19.5. The van der Waals surface area contributed by atoms with E-state index in [1.165, 1.54) is 0 Å². The Bertz CT molecular complexity index is 1100. The zero-order valence-corrected chi connectivity index (χ0v) is 16.7. The van der Waals surface area contributed by atoms with Crippen molar-refractivity contribution in [2.24, 2.45) is 0 Å². The molecule has 28 heavy (non-hydrogen) atoms. The number of aromatic nitrogens is 1. The van der Waals surface area contributed by atoms with Crippen molar-refractivity contribution < 1.29 is 4.79 Å². The lowest BCUT2D eigenvalue weighted by Crippen LogP contribution is -2.13. The average molecular weight is 390 g/mol. The molecule has 1 N–H and O–H groups in total. The van der Waals surface area contributed by atoms with Crippen molar-refractivity contribution in [3.8, 4) is 11.8 Å². The summed E-state index contributed by atoms with van der Waals surface area (Å²) >= 11 is 5.98. The van der Waals surface area contributed by atoms with Gasteiger partial charge in [0.1, 0.15) is 11.6 Å². The predicted octanol–water partition coefficient (Wildman–Crippen LogP) is 5.60. The first-order valence-electron chi connectivity index (χ1n) is 8.83. The van der Waals surface area contributed by atoms with Crippen LogP contribution in [0, 0.1) is 32.1 Å². The van der Waals surface area contributed by atoms with Crippen LogP contribution in [0.2, 0.25) is 5.02 Å². The van der Waals surface area contributed by atoms with E-state index in [0.29, 0.717) is 10.7 Å². The summed E-state index contributed by atoms with van der Waals surface area (Å²) in [5.74, 6) is -0.426. The van der Waals surface area contributed by atoms with Gasteiger partial charge in [-0.2, -0.15) is 5.26 Å². The number of rotatable bonds is 4. The summed E-state index contributed by atoms with van der Waals surface area (Å²) in [6.45, 7) is 5.89. The number of carbonyl (C=O) groups excluding carboxylic acids is 1. The van der Waals surface area contributed by atoms with E-state index in [1.54, 1.807) is 12.1 Å². The van der Waals surface area contributed by atoms with Gasteiger partial charge in [0.15, 0.2) is 0 Å². The monoisotopic (exact) mass is 389 g/mol. The molecule has 1 amide bonds. The molecule has 1 heterocycles. The van der Waals surface area contributed by atoms with Gasteiger partial charge in [0.25, 0.3) is 5.91 Å². The molecule has 3 aromatic rings. The molecular formula is C23H20ClN3O. The topological polar surface area (TPSA) is 57.8 Å². The molecule has 0 aliphatic carbocycles. The molecule has 4 nitrogen and oxygen atoms in total. The summed E-state index contributed by atoms with van der Waals surface area (Å²) in [4.78, 5) is 12.5. The van der Waals surface area contributed by atoms with Crippen molar-refractivity contribution in [3.05, 3.63) is 87.7 Å². The number of hydrogen-bond donors (Lipinski definition) is 1. The Balaban J connectivity index is 1.93. The quantitative estimate of drug-likeness (QED) is 0.466. The molecule has 0 radical (unpaired) electrons. The molecule has 0 saturated heterocycles. The lowest BCUT2D eigenvalue weighted by Gasteiger charge is -2.09. The Hall–Kier alpha value is -3.29. The summed E-state index contributed by atoms with van der Waals surface area (Å²) in [5.41, 5.74) is 5.49. The smallest absolute Gasteiger partial charge is 0.266 e. The van der Waals surface area contributed by atoms with Crippen LogP contribution < -0.4 is 5.32 Å². The maximum absolute atomic E-state index is 12.5. The van der Waals surface area contributed by atoms with Crippen molar-refractivity contribution in [3.63, 3.8) is 0 Å². The van der Waals surface area contributed by atoms with Crippen LogP contribution in [-0.4, -0.2) is 10.5 Å². The third-order valence-electron chi connectivity index (χ3n) is 4.50. The number of amides is 1. The minimum Gasteiger partial charge on any atom is -0.321 e. The SMILES string of the molecule is Cc1cccc(NC(=O)/C(C#N)=C/c2cc(C)n(-c3ccc(Cl)cc3)c2C)c1. The summed E-state index contributed by atoms with van der Waals surface area (Å²) < 4.78 is 2.07. The maximum Gasteiger partial charge on any atom is 0.266 e. The van der Waals surface area contributed by atoms with Gasteiger partial charge in [0.2, 0.25) is 0 Å². The summed E-state index contributed by atoms with van der Waals surface area (Å²) in [6.07, 6.45) is 1.62. The van der Waals surface area contributed by atoms with Gasteiger partial charge in [-0.1, -0.05) is 23.7 Å². The van der Waals surface area contributed by atoms with Gasteiger partial charge in [-0.3, -0.25) is 4.79 Å². The van der Waals surface area contributed by atoms with Crippen molar-refractivity contribution in [1.82, 2.24) is 4.57 Å². The first-order valence-corrected chi connectivity index (χ1v) is 9.21.